The lowest BCUT2D eigenvalue weighted by Crippen LogP contribution is -2.51. The van der Waals surface area contributed by atoms with Crippen LogP contribution in [-0.4, -0.2) is 84.4 Å². The Labute approximate surface area is 203 Å². The number of alkyl halides is 3. The van der Waals surface area contributed by atoms with Crippen LogP contribution in [0.2, 0.25) is 0 Å². The first-order chi connectivity index (χ1) is 16.6. The third kappa shape index (κ3) is 7.04. The largest absolute Gasteiger partial charge is 0.416 e. The van der Waals surface area contributed by atoms with Crippen LogP contribution in [0.25, 0.3) is 5.69 Å². The van der Waals surface area contributed by atoms with Gasteiger partial charge in [0.05, 0.1) is 29.9 Å². The van der Waals surface area contributed by atoms with Crippen molar-refractivity contribution in [3.05, 3.63) is 46.8 Å². The van der Waals surface area contributed by atoms with Gasteiger partial charge in [-0.15, -0.1) is 0 Å². The van der Waals surface area contributed by atoms with Gasteiger partial charge < -0.3 is 15.0 Å². The third-order valence-electron chi connectivity index (χ3n) is 6.13. The average Bonchev–Trinajstić information content (AvgIpc) is 3.10. The summed E-state index contributed by atoms with van der Waals surface area (Å²) in [7, 11) is 1.62. The van der Waals surface area contributed by atoms with E-state index in [1.807, 2.05) is 4.90 Å². The predicted octanol–water partition coefficient (Wildman–Crippen LogP) is 2.35. The van der Waals surface area contributed by atoms with Crippen molar-refractivity contribution in [3.8, 4) is 5.69 Å². The van der Waals surface area contributed by atoms with Crippen LogP contribution in [0, 0.1) is 13.8 Å². The molecule has 0 atom stereocenters. The number of halogens is 3. The number of aryl methyl sites for hydroxylation is 1. The summed E-state index contributed by atoms with van der Waals surface area (Å²) in [6, 6.07) is 4.98. The van der Waals surface area contributed by atoms with Gasteiger partial charge in [-0.2, -0.15) is 18.3 Å². The molecule has 192 valence electrons. The van der Waals surface area contributed by atoms with Gasteiger partial charge in [-0.05, 0) is 38.5 Å². The highest BCUT2D eigenvalue weighted by Crippen LogP contribution is 2.31. The summed E-state index contributed by atoms with van der Waals surface area (Å²) in [6.07, 6.45) is -3.57. The molecule has 1 aliphatic rings. The van der Waals surface area contributed by atoms with Crippen molar-refractivity contribution in [2.24, 2.45) is 0 Å². The summed E-state index contributed by atoms with van der Waals surface area (Å²) in [5, 5.41) is 7.26. The van der Waals surface area contributed by atoms with E-state index in [1.165, 1.54) is 10.7 Å². The van der Waals surface area contributed by atoms with Gasteiger partial charge >= 0.3 is 6.18 Å². The molecule has 2 aromatic rings. The first kappa shape index (κ1) is 26.7. The van der Waals surface area contributed by atoms with Gasteiger partial charge in [0, 0.05) is 57.7 Å². The zero-order valence-corrected chi connectivity index (χ0v) is 20.3. The van der Waals surface area contributed by atoms with E-state index in [4.69, 9.17) is 4.74 Å². The number of methoxy groups -OCH3 is 1. The number of benzene rings is 1. The van der Waals surface area contributed by atoms with Crippen molar-refractivity contribution in [1.82, 2.24) is 24.9 Å². The molecule has 1 N–H and O–H groups in total. The summed E-state index contributed by atoms with van der Waals surface area (Å²) in [5.41, 5.74) is 1.51. The Kier molecular flexibility index (Phi) is 8.90. The van der Waals surface area contributed by atoms with Crippen molar-refractivity contribution in [2.45, 2.75) is 32.9 Å². The summed E-state index contributed by atoms with van der Waals surface area (Å²) >= 11 is 0. The van der Waals surface area contributed by atoms with Gasteiger partial charge in [-0.1, -0.05) is 6.07 Å². The fraction of sp³-hybridized carbons (Fsp3) is 0.542. The SMILES string of the molecule is COCCCNC(=O)CN1CCN(C(=O)Cc2c(C)nn(-c3cccc(C(F)(F)F)c3)c2C)CC1. The molecule has 2 heterocycles. The Morgan fingerprint density at radius 1 is 1.14 bits per heavy atom. The van der Waals surface area contributed by atoms with E-state index in [0.717, 1.165) is 18.6 Å². The Morgan fingerprint density at radius 2 is 1.86 bits per heavy atom. The van der Waals surface area contributed by atoms with Gasteiger partial charge in [-0.25, -0.2) is 4.68 Å². The van der Waals surface area contributed by atoms with Gasteiger partial charge in [0.15, 0.2) is 0 Å². The van der Waals surface area contributed by atoms with Crippen molar-refractivity contribution >= 4 is 11.8 Å². The number of nitrogens with one attached hydrogen (secondary N) is 1. The van der Waals surface area contributed by atoms with E-state index in [2.05, 4.69) is 10.4 Å². The van der Waals surface area contributed by atoms with Crippen LogP contribution in [0.5, 0.6) is 0 Å². The molecule has 0 unspecified atom stereocenters. The van der Waals surface area contributed by atoms with Gasteiger partial charge in [-0.3, -0.25) is 14.5 Å². The van der Waals surface area contributed by atoms with Crippen LogP contribution in [0.3, 0.4) is 0 Å². The van der Waals surface area contributed by atoms with E-state index in [-0.39, 0.29) is 24.8 Å². The topological polar surface area (TPSA) is 79.7 Å². The second kappa shape index (κ2) is 11.7. The Balaban J connectivity index is 1.57. The van der Waals surface area contributed by atoms with Crippen molar-refractivity contribution in [2.75, 3.05) is 53.0 Å². The van der Waals surface area contributed by atoms with Crippen LogP contribution in [0.4, 0.5) is 13.2 Å². The van der Waals surface area contributed by atoms with Crippen LogP contribution in [-0.2, 0) is 26.9 Å². The minimum absolute atomic E-state index is 0.0471. The number of hydrogen-bond acceptors (Lipinski definition) is 5. The molecule has 35 heavy (non-hydrogen) atoms. The minimum atomic E-state index is -4.45. The van der Waals surface area contributed by atoms with Gasteiger partial charge in [0.25, 0.3) is 0 Å². The van der Waals surface area contributed by atoms with E-state index in [0.29, 0.717) is 62.0 Å². The first-order valence-corrected chi connectivity index (χ1v) is 11.6. The molecule has 2 amide bonds. The number of rotatable bonds is 9. The van der Waals surface area contributed by atoms with Crippen molar-refractivity contribution in [3.63, 3.8) is 0 Å². The smallest absolute Gasteiger partial charge is 0.385 e. The molecule has 8 nitrogen and oxygen atoms in total. The van der Waals surface area contributed by atoms with E-state index >= 15 is 0 Å². The maximum atomic E-state index is 13.1. The molecule has 0 bridgehead atoms. The van der Waals surface area contributed by atoms with Crippen molar-refractivity contribution in [1.29, 1.82) is 0 Å². The average molecular weight is 496 g/mol. The summed E-state index contributed by atoms with van der Waals surface area (Å²) in [6.45, 7) is 7.17. The number of nitrogens with zero attached hydrogens (tertiary/aromatic N) is 4. The number of ether oxygens (including phenoxy) is 1. The summed E-state index contributed by atoms with van der Waals surface area (Å²) in [5.74, 6) is -0.113. The second-order valence-corrected chi connectivity index (χ2v) is 8.64. The fourth-order valence-corrected chi connectivity index (χ4v) is 4.12. The highest BCUT2D eigenvalue weighted by atomic mass is 19.4. The van der Waals surface area contributed by atoms with Crippen LogP contribution < -0.4 is 5.32 Å². The lowest BCUT2D eigenvalue weighted by molar-refractivity contribution is -0.137. The molecule has 0 saturated carbocycles. The minimum Gasteiger partial charge on any atom is -0.385 e. The molecule has 0 spiro atoms. The number of aromatic nitrogens is 2. The molecule has 1 aromatic heterocycles. The highest BCUT2D eigenvalue weighted by Gasteiger charge is 2.31. The molecular formula is C24H32F3N5O3. The normalized spacial score (nSPS) is 14.9. The van der Waals surface area contributed by atoms with E-state index in [1.54, 1.807) is 31.9 Å². The highest BCUT2D eigenvalue weighted by molar-refractivity contribution is 5.80. The third-order valence-corrected chi connectivity index (χ3v) is 6.13. The second-order valence-electron chi connectivity index (χ2n) is 8.64. The fourth-order valence-electron chi connectivity index (χ4n) is 4.12. The monoisotopic (exact) mass is 495 g/mol. The molecule has 11 heteroatoms. The number of piperazine rings is 1. The van der Waals surface area contributed by atoms with E-state index in [9.17, 15) is 22.8 Å². The zero-order chi connectivity index (χ0) is 25.6. The molecular weight excluding hydrogens is 463 g/mol. The van der Waals surface area contributed by atoms with Crippen LogP contribution in [0.1, 0.15) is 28.9 Å². The Bertz CT molecular complexity index is 1030. The molecule has 1 aliphatic heterocycles. The zero-order valence-electron chi connectivity index (χ0n) is 20.3. The lowest BCUT2D eigenvalue weighted by atomic mass is 10.1. The quantitative estimate of drug-likeness (QED) is 0.541. The lowest BCUT2D eigenvalue weighted by Gasteiger charge is -2.34. The molecule has 3 rings (SSSR count). The maximum absolute atomic E-state index is 13.1. The molecule has 1 aromatic carbocycles. The Morgan fingerprint density at radius 3 is 2.51 bits per heavy atom. The molecule has 0 radical (unpaired) electrons. The van der Waals surface area contributed by atoms with Crippen LogP contribution in [0.15, 0.2) is 24.3 Å². The predicted molar refractivity (Wildman–Crippen MR) is 124 cm³/mol. The molecule has 1 saturated heterocycles. The number of hydrogen-bond donors (Lipinski definition) is 1. The van der Waals surface area contributed by atoms with Crippen LogP contribution >= 0.6 is 0 Å². The first-order valence-electron chi connectivity index (χ1n) is 11.6. The number of carbonyl (C=O) groups is 2. The van der Waals surface area contributed by atoms with Gasteiger partial charge in [0.2, 0.25) is 11.8 Å². The van der Waals surface area contributed by atoms with Crippen molar-refractivity contribution < 1.29 is 27.5 Å². The number of carbonyl (C=O) groups excluding carboxylic acids is 2. The standard InChI is InChI=1S/C24H32F3N5O3/c1-17-21(18(2)32(29-17)20-7-4-6-19(14-20)24(25,26)27)15-23(34)31-11-9-30(10-12-31)16-22(33)28-8-5-13-35-3/h4,6-7,14H,5,8-13,15-16H2,1-3H3,(H,28,33). The Hall–Kier alpha value is -2.92. The number of amides is 2. The summed E-state index contributed by atoms with van der Waals surface area (Å²) in [4.78, 5) is 28.8. The maximum Gasteiger partial charge on any atom is 0.416 e. The van der Waals surface area contributed by atoms with Gasteiger partial charge in [0.1, 0.15) is 0 Å². The van der Waals surface area contributed by atoms with E-state index < -0.39 is 11.7 Å². The molecule has 1 fully saturated rings. The summed E-state index contributed by atoms with van der Waals surface area (Å²) < 4.78 is 45.8. The molecule has 0 aliphatic carbocycles.